The van der Waals surface area contributed by atoms with Crippen LogP contribution in [0.15, 0.2) is 48.5 Å². The lowest BCUT2D eigenvalue weighted by Gasteiger charge is -2.15. The average Bonchev–Trinajstić information content (AvgIpc) is 2.60. The summed E-state index contributed by atoms with van der Waals surface area (Å²) in [7, 11) is 0. The summed E-state index contributed by atoms with van der Waals surface area (Å²) in [6.07, 6.45) is -9.13. The topological polar surface area (TPSA) is 47.3 Å². The Bertz CT molecular complexity index is 714. The highest BCUT2D eigenvalue weighted by Crippen LogP contribution is 2.36. The fourth-order valence-electron chi connectivity index (χ4n) is 2.58. The smallest absolute Gasteiger partial charge is 0.362 e. The lowest BCUT2D eigenvalue weighted by molar-refractivity contribution is -0.143. The van der Waals surface area contributed by atoms with Crippen molar-refractivity contribution in [3.8, 4) is 0 Å². The van der Waals surface area contributed by atoms with Gasteiger partial charge in [0.1, 0.15) is 0 Å². The molecular weight excluding hydrogens is 386 g/mol. The standard InChI is InChI=1S/C19H20F6N2O/c20-18(21,22)15-6-14(7-16(9-15)19(23,24)25)11-28-12-27-10-17(26)8-13-4-2-1-3-5-13/h1-7,9,17,27H,8,10-12,26H2/t17-/m0/s1. The normalized spacial score (nSPS) is 13.5. The van der Waals surface area contributed by atoms with Crippen LogP contribution in [-0.2, 0) is 30.1 Å². The second kappa shape index (κ2) is 9.40. The minimum Gasteiger partial charge on any atom is -0.362 e. The molecule has 1 atom stereocenters. The van der Waals surface area contributed by atoms with Crippen LogP contribution in [0, 0.1) is 0 Å². The van der Waals surface area contributed by atoms with Gasteiger partial charge < -0.3 is 10.5 Å². The summed E-state index contributed by atoms with van der Waals surface area (Å²) < 4.78 is 82.0. The first-order valence-electron chi connectivity index (χ1n) is 8.42. The van der Waals surface area contributed by atoms with Gasteiger partial charge in [-0.2, -0.15) is 26.3 Å². The van der Waals surface area contributed by atoms with Gasteiger partial charge in [-0.15, -0.1) is 0 Å². The molecule has 9 heteroatoms. The Kier molecular flexibility index (Phi) is 7.45. The predicted octanol–water partition coefficient (Wildman–Crippen LogP) is 4.36. The van der Waals surface area contributed by atoms with E-state index >= 15 is 0 Å². The van der Waals surface area contributed by atoms with Crippen molar-refractivity contribution in [1.29, 1.82) is 0 Å². The highest BCUT2D eigenvalue weighted by atomic mass is 19.4. The van der Waals surface area contributed by atoms with Gasteiger partial charge in [-0.25, -0.2) is 0 Å². The first-order chi connectivity index (χ1) is 13.1. The fraction of sp³-hybridized carbons (Fsp3) is 0.368. The number of benzene rings is 2. The van der Waals surface area contributed by atoms with Crippen LogP contribution in [0.3, 0.4) is 0 Å². The quantitative estimate of drug-likeness (QED) is 0.389. The van der Waals surface area contributed by atoms with Gasteiger partial charge >= 0.3 is 12.4 Å². The van der Waals surface area contributed by atoms with E-state index < -0.39 is 30.1 Å². The molecule has 0 radical (unpaired) electrons. The van der Waals surface area contributed by atoms with Gasteiger partial charge in [0, 0.05) is 12.6 Å². The number of halogens is 6. The molecule has 2 rings (SSSR count). The van der Waals surface area contributed by atoms with Crippen molar-refractivity contribution in [2.45, 2.75) is 31.4 Å². The highest BCUT2D eigenvalue weighted by Gasteiger charge is 2.36. The van der Waals surface area contributed by atoms with E-state index in [1.165, 1.54) is 0 Å². The molecule has 28 heavy (non-hydrogen) atoms. The molecule has 0 aliphatic rings. The van der Waals surface area contributed by atoms with Crippen LogP contribution >= 0.6 is 0 Å². The minimum atomic E-state index is -4.88. The summed E-state index contributed by atoms with van der Waals surface area (Å²) in [4.78, 5) is 0. The Balaban J connectivity index is 1.85. The summed E-state index contributed by atoms with van der Waals surface area (Å²) >= 11 is 0. The zero-order valence-electron chi connectivity index (χ0n) is 14.8. The van der Waals surface area contributed by atoms with Crippen molar-refractivity contribution in [2.24, 2.45) is 5.73 Å². The molecule has 0 saturated carbocycles. The molecule has 0 aliphatic carbocycles. The van der Waals surface area contributed by atoms with Crippen molar-refractivity contribution in [2.75, 3.05) is 13.3 Å². The molecule has 2 aromatic carbocycles. The van der Waals surface area contributed by atoms with Crippen molar-refractivity contribution < 1.29 is 31.1 Å². The zero-order chi connectivity index (χ0) is 20.8. The second-order valence-electron chi connectivity index (χ2n) is 6.31. The molecule has 0 fully saturated rings. The molecule has 0 unspecified atom stereocenters. The van der Waals surface area contributed by atoms with E-state index in [9.17, 15) is 26.3 Å². The van der Waals surface area contributed by atoms with Crippen molar-refractivity contribution in [3.63, 3.8) is 0 Å². The van der Waals surface area contributed by atoms with E-state index in [1.807, 2.05) is 30.3 Å². The SMILES string of the molecule is N[C@H](CNCOCc1cc(C(F)(F)F)cc(C(F)(F)F)c1)Cc1ccccc1. The third-order valence-electron chi connectivity index (χ3n) is 3.87. The Morgan fingerprint density at radius 2 is 1.43 bits per heavy atom. The molecule has 2 aromatic rings. The first kappa shape index (κ1) is 22.2. The molecule has 3 nitrogen and oxygen atoms in total. The van der Waals surface area contributed by atoms with Gasteiger partial charge in [-0.1, -0.05) is 30.3 Å². The summed E-state index contributed by atoms with van der Waals surface area (Å²) in [6, 6.07) is 10.7. The molecule has 0 bridgehead atoms. The summed E-state index contributed by atoms with van der Waals surface area (Å²) in [5.74, 6) is 0. The van der Waals surface area contributed by atoms with E-state index in [4.69, 9.17) is 10.5 Å². The maximum atomic E-state index is 12.8. The van der Waals surface area contributed by atoms with Crippen LogP contribution in [0.4, 0.5) is 26.3 Å². The number of rotatable bonds is 8. The predicted molar refractivity (Wildman–Crippen MR) is 92.2 cm³/mol. The number of hydrogen-bond donors (Lipinski definition) is 2. The van der Waals surface area contributed by atoms with Crippen LogP contribution in [0.2, 0.25) is 0 Å². The third kappa shape index (κ3) is 7.14. The van der Waals surface area contributed by atoms with E-state index in [0.29, 0.717) is 25.1 Å². The van der Waals surface area contributed by atoms with Gasteiger partial charge in [0.15, 0.2) is 0 Å². The first-order valence-corrected chi connectivity index (χ1v) is 8.42. The Labute approximate surface area is 158 Å². The Hall–Kier alpha value is -2.10. The van der Waals surface area contributed by atoms with Crippen LogP contribution in [0.5, 0.6) is 0 Å². The molecule has 0 aromatic heterocycles. The summed E-state index contributed by atoms with van der Waals surface area (Å²) in [5.41, 5.74) is 4.09. The van der Waals surface area contributed by atoms with Crippen LogP contribution in [-0.4, -0.2) is 19.3 Å². The highest BCUT2D eigenvalue weighted by molar-refractivity contribution is 5.33. The number of nitrogens with two attached hydrogens (primary N) is 1. The number of hydrogen-bond acceptors (Lipinski definition) is 3. The minimum absolute atomic E-state index is 0.0555. The van der Waals surface area contributed by atoms with Crippen molar-refractivity contribution >= 4 is 0 Å². The summed E-state index contributed by atoms with van der Waals surface area (Å²) in [5, 5.41) is 2.87. The van der Waals surface area contributed by atoms with E-state index in [0.717, 1.165) is 5.56 Å². The molecule has 154 valence electrons. The fourth-order valence-corrected chi connectivity index (χ4v) is 2.58. The lowest BCUT2D eigenvalue weighted by atomic mass is 10.1. The van der Waals surface area contributed by atoms with E-state index in [-0.39, 0.29) is 24.4 Å². The third-order valence-corrected chi connectivity index (χ3v) is 3.87. The molecule has 0 saturated heterocycles. The Morgan fingerprint density at radius 3 is 1.96 bits per heavy atom. The molecule has 0 aliphatic heterocycles. The zero-order valence-corrected chi connectivity index (χ0v) is 14.8. The number of ether oxygens (including phenoxy) is 1. The Morgan fingerprint density at radius 1 is 0.857 bits per heavy atom. The van der Waals surface area contributed by atoms with E-state index in [2.05, 4.69) is 5.32 Å². The van der Waals surface area contributed by atoms with Gasteiger partial charge in [-0.3, -0.25) is 5.32 Å². The van der Waals surface area contributed by atoms with Gasteiger partial charge in [0.2, 0.25) is 0 Å². The maximum absolute atomic E-state index is 12.8. The van der Waals surface area contributed by atoms with Crippen molar-refractivity contribution in [3.05, 3.63) is 70.8 Å². The van der Waals surface area contributed by atoms with Crippen LogP contribution in [0.1, 0.15) is 22.3 Å². The number of nitrogens with one attached hydrogen (secondary N) is 1. The molecule has 0 heterocycles. The molecule has 0 spiro atoms. The van der Waals surface area contributed by atoms with Crippen LogP contribution in [0.25, 0.3) is 0 Å². The molecular formula is C19H20F6N2O. The summed E-state index contributed by atoms with van der Waals surface area (Å²) in [6.45, 7) is -0.0701. The van der Waals surface area contributed by atoms with Crippen molar-refractivity contribution in [1.82, 2.24) is 5.32 Å². The molecule has 0 amide bonds. The second-order valence-corrected chi connectivity index (χ2v) is 6.31. The maximum Gasteiger partial charge on any atom is 0.416 e. The molecule has 3 N–H and O–H groups in total. The van der Waals surface area contributed by atoms with E-state index in [1.54, 1.807) is 0 Å². The number of alkyl halides is 6. The largest absolute Gasteiger partial charge is 0.416 e. The van der Waals surface area contributed by atoms with Gasteiger partial charge in [0.25, 0.3) is 0 Å². The average molecular weight is 406 g/mol. The lowest BCUT2D eigenvalue weighted by Crippen LogP contribution is -2.36. The van der Waals surface area contributed by atoms with Gasteiger partial charge in [0.05, 0.1) is 24.5 Å². The monoisotopic (exact) mass is 406 g/mol. The van der Waals surface area contributed by atoms with Gasteiger partial charge in [-0.05, 0) is 35.7 Å². The van der Waals surface area contributed by atoms with Crippen LogP contribution < -0.4 is 11.1 Å².